The molecule has 0 bridgehead atoms. The molecule has 3 aromatic heterocycles. The Labute approximate surface area is 232 Å². The predicted molar refractivity (Wildman–Crippen MR) is 153 cm³/mol. The molecule has 1 atom stereocenters. The molecule has 9 nitrogen and oxygen atoms in total. The lowest BCUT2D eigenvalue weighted by Crippen LogP contribution is -2.35. The molecule has 0 amide bonds. The number of tetrazole rings is 1. The summed E-state index contributed by atoms with van der Waals surface area (Å²) in [5.41, 5.74) is 4.47. The number of H-pyrrole nitrogens is 1. The van der Waals surface area contributed by atoms with Crippen LogP contribution in [0, 0.1) is 6.92 Å². The fourth-order valence-electron chi connectivity index (χ4n) is 5.82. The lowest BCUT2D eigenvalue weighted by atomic mass is 10.0. The zero-order valence-electron chi connectivity index (χ0n) is 22.8. The maximum absolute atomic E-state index is 13.9. The standard InChI is InChI=1S/C31H33N7O2/c1-21-7-5-9-24-17-27(31(39)33-28(21)24)29(30-34-35-36-38(30)25-10-3-4-11-25)37(20-23-8-6-16-32-18-23)19-22-12-14-26(40-2)15-13-22/h5-9,12-18,25,29H,3-4,10-11,19-20H2,1-2H3,(H,33,39)/t29-/m1/s1. The molecule has 0 saturated heterocycles. The second-order valence-electron chi connectivity index (χ2n) is 10.5. The van der Waals surface area contributed by atoms with Crippen molar-refractivity contribution in [2.75, 3.05) is 7.11 Å². The Morgan fingerprint density at radius 3 is 2.60 bits per heavy atom. The molecule has 1 fully saturated rings. The number of aromatic nitrogens is 6. The number of ether oxygens (including phenoxy) is 1. The van der Waals surface area contributed by atoms with Crippen LogP contribution in [0.4, 0.5) is 0 Å². The molecule has 0 radical (unpaired) electrons. The highest BCUT2D eigenvalue weighted by molar-refractivity contribution is 5.82. The van der Waals surface area contributed by atoms with Gasteiger partial charge in [0.25, 0.3) is 5.56 Å². The summed E-state index contributed by atoms with van der Waals surface area (Å²) in [4.78, 5) is 23.6. The molecule has 0 spiro atoms. The largest absolute Gasteiger partial charge is 0.497 e. The van der Waals surface area contributed by atoms with Gasteiger partial charge < -0.3 is 9.72 Å². The summed E-state index contributed by atoms with van der Waals surface area (Å²) in [7, 11) is 1.66. The average molecular weight is 536 g/mol. The van der Waals surface area contributed by atoms with Crippen molar-refractivity contribution in [2.24, 2.45) is 0 Å². The van der Waals surface area contributed by atoms with Crippen LogP contribution in [0.5, 0.6) is 5.75 Å². The van der Waals surface area contributed by atoms with Crippen LogP contribution in [0.15, 0.2) is 77.9 Å². The molecule has 204 valence electrons. The van der Waals surface area contributed by atoms with Gasteiger partial charge in [0.1, 0.15) is 11.8 Å². The number of methoxy groups -OCH3 is 1. The Balaban J connectivity index is 1.53. The summed E-state index contributed by atoms with van der Waals surface area (Å²) in [6.45, 7) is 3.12. The van der Waals surface area contributed by atoms with E-state index in [4.69, 9.17) is 4.74 Å². The average Bonchev–Trinajstić information content (AvgIpc) is 3.68. The third kappa shape index (κ3) is 5.24. The molecule has 0 aliphatic heterocycles. The van der Waals surface area contributed by atoms with Crippen molar-refractivity contribution in [3.63, 3.8) is 0 Å². The fraction of sp³-hybridized carbons (Fsp3) is 0.323. The number of benzene rings is 2. The molecule has 9 heteroatoms. The van der Waals surface area contributed by atoms with Crippen LogP contribution >= 0.6 is 0 Å². The number of aromatic amines is 1. The summed E-state index contributed by atoms with van der Waals surface area (Å²) in [5.74, 6) is 1.48. The molecular formula is C31H33N7O2. The van der Waals surface area contributed by atoms with Gasteiger partial charge in [-0.3, -0.25) is 14.7 Å². The van der Waals surface area contributed by atoms with Crippen LogP contribution in [0.3, 0.4) is 0 Å². The van der Waals surface area contributed by atoms with Crippen LogP contribution in [0.25, 0.3) is 10.9 Å². The van der Waals surface area contributed by atoms with Crippen molar-refractivity contribution in [3.8, 4) is 5.75 Å². The summed E-state index contributed by atoms with van der Waals surface area (Å²) in [6.07, 6.45) is 7.99. The summed E-state index contributed by atoms with van der Waals surface area (Å²) >= 11 is 0. The highest BCUT2D eigenvalue weighted by atomic mass is 16.5. The molecule has 5 aromatic rings. The van der Waals surface area contributed by atoms with E-state index in [1.807, 2.05) is 60.3 Å². The second kappa shape index (κ2) is 11.4. The van der Waals surface area contributed by atoms with Gasteiger partial charge in [0.05, 0.1) is 18.7 Å². The molecule has 0 unspecified atom stereocenters. The number of para-hydroxylation sites is 1. The predicted octanol–water partition coefficient (Wildman–Crippen LogP) is 5.13. The smallest absolute Gasteiger partial charge is 0.253 e. The summed E-state index contributed by atoms with van der Waals surface area (Å²) in [6, 6.07) is 19.8. The highest BCUT2D eigenvalue weighted by Crippen LogP contribution is 2.35. The van der Waals surface area contributed by atoms with E-state index < -0.39 is 6.04 Å². The number of rotatable bonds is 9. The van der Waals surface area contributed by atoms with Crippen molar-refractivity contribution in [1.82, 2.24) is 35.1 Å². The zero-order chi connectivity index (χ0) is 27.5. The van der Waals surface area contributed by atoms with E-state index in [1.165, 1.54) is 0 Å². The minimum atomic E-state index is -0.494. The van der Waals surface area contributed by atoms with E-state index in [1.54, 1.807) is 13.3 Å². The van der Waals surface area contributed by atoms with Gasteiger partial charge in [-0.1, -0.05) is 49.2 Å². The maximum atomic E-state index is 13.9. The van der Waals surface area contributed by atoms with Gasteiger partial charge in [-0.05, 0) is 76.5 Å². The van der Waals surface area contributed by atoms with Gasteiger partial charge in [-0.2, -0.15) is 0 Å². The Hall–Kier alpha value is -4.37. The van der Waals surface area contributed by atoms with Crippen molar-refractivity contribution in [1.29, 1.82) is 0 Å². The van der Waals surface area contributed by atoms with E-state index >= 15 is 0 Å². The molecule has 1 N–H and O–H groups in total. The maximum Gasteiger partial charge on any atom is 0.253 e. The van der Waals surface area contributed by atoms with Gasteiger partial charge in [0.2, 0.25) is 0 Å². The molecule has 2 aromatic carbocycles. The number of pyridine rings is 2. The Kier molecular flexibility index (Phi) is 7.37. The van der Waals surface area contributed by atoms with E-state index in [0.717, 1.165) is 59.0 Å². The first-order valence-electron chi connectivity index (χ1n) is 13.8. The van der Waals surface area contributed by atoms with Crippen molar-refractivity contribution in [3.05, 3.63) is 111 Å². The Morgan fingerprint density at radius 2 is 1.85 bits per heavy atom. The number of fused-ring (bicyclic) bond motifs is 1. The number of hydrogen-bond acceptors (Lipinski definition) is 7. The zero-order valence-corrected chi connectivity index (χ0v) is 22.8. The molecule has 1 saturated carbocycles. The first kappa shape index (κ1) is 25.9. The number of nitrogens with zero attached hydrogens (tertiary/aromatic N) is 6. The minimum Gasteiger partial charge on any atom is -0.497 e. The third-order valence-corrected chi connectivity index (χ3v) is 7.86. The number of nitrogens with one attached hydrogen (secondary N) is 1. The molecule has 1 aliphatic carbocycles. The fourth-order valence-corrected chi connectivity index (χ4v) is 5.82. The lowest BCUT2D eigenvalue weighted by molar-refractivity contribution is 0.190. The second-order valence-corrected chi connectivity index (χ2v) is 10.5. The van der Waals surface area contributed by atoms with E-state index in [-0.39, 0.29) is 11.6 Å². The van der Waals surface area contributed by atoms with Gasteiger partial charge in [0.15, 0.2) is 5.82 Å². The van der Waals surface area contributed by atoms with Crippen LogP contribution in [-0.2, 0) is 13.1 Å². The SMILES string of the molecule is COc1ccc(CN(Cc2cccnc2)[C@H](c2cc3cccc(C)c3[nH]c2=O)c2nnnn2C2CCCC2)cc1. The number of hydrogen-bond donors (Lipinski definition) is 1. The van der Waals surface area contributed by atoms with Gasteiger partial charge in [0, 0.05) is 31.0 Å². The summed E-state index contributed by atoms with van der Waals surface area (Å²) < 4.78 is 7.35. The minimum absolute atomic E-state index is 0.140. The van der Waals surface area contributed by atoms with Gasteiger partial charge in [-0.15, -0.1) is 5.10 Å². The molecule has 40 heavy (non-hydrogen) atoms. The molecular weight excluding hydrogens is 502 g/mol. The highest BCUT2D eigenvalue weighted by Gasteiger charge is 2.33. The van der Waals surface area contributed by atoms with Gasteiger partial charge in [-0.25, -0.2) is 4.68 Å². The molecule has 3 heterocycles. The first-order chi connectivity index (χ1) is 19.6. The molecule has 1 aliphatic rings. The Bertz CT molecular complexity index is 1640. The van der Waals surface area contributed by atoms with Crippen molar-refractivity contribution >= 4 is 10.9 Å². The van der Waals surface area contributed by atoms with E-state index in [9.17, 15) is 4.79 Å². The Morgan fingerprint density at radius 1 is 1.05 bits per heavy atom. The van der Waals surface area contributed by atoms with Crippen LogP contribution < -0.4 is 10.3 Å². The first-order valence-corrected chi connectivity index (χ1v) is 13.8. The van der Waals surface area contributed by atoms with Gasteiger partial charge >= 0.3 is 0 Å². The number of aryl methyl sites for hydroxylation is 1. The van der Waals surface area contributed by atoms with Crippen LogP contribution in [-0.4, -0.2) is 42.2 Å². The van der Waals surface area contributed by atoms with Crippen molar-refractivity contribution in [2.45, 2.75) is 57.8 Å². The monoisotopic (exact) mass is 535 g/mol. The van der Waals surface area contributed by atoms with E-state index in [2.05, 4.69) is 48.6 Å². The third-order valence-electron chi connectivity index (χ3n) is 7.86. The van der Waals surface area contributed by atoms with E-state index in [0.29, 0.717) is 24.5 Å². The van der Waals surface area contributed by atoms with Crippen molar-refractivity contribution < 1.29 is 4.74 Å². The van der Waals surface area contributed by atoms with Crippen LogP contribution in [0.1, 0.15) is 65.8 Å². The topological polar surface area (TPSA) is 102 Å². The quantitative estimate of drug-likeness (QED) is 0.279. The molecule has 6 rings (SSSR count). The van der Waals surface area contributed by atoms with Crippen LogP contribution in [0.2, 0.25) is 0 Å². The lowest BCUT2D eigenvalue weighted by Gasteiger charge is -2.32. The summed E-state index contributed by atoms with van der Waals surface area (Å²) in [5, 5.41) is 14.1. The normalized spacial score (nSPS) is 14.7.